The molecule has 1 aromatic rings. The van der Waals surface area contributed by atoms with Crippen LogP contribution in [0, 0.1) is 5.92 Å². The van der Waals surface area contributed by atoms with Crippen molar-refractivity contribution < 1.29 is 4.74 Å². The highest BCUT2D eigenvalue weighted by Crippen LogP contribution is 2.27. The molecule has 0 spiro atoms. The van der Waals surface area contributed by atoms with E-state index in [1.165, 1.54) is 12.8 Å². The van der Waals surface area contributed by atoms with Gasteiger partial charge in [-0.15, -0.1) is 0 Å². The molecule has 0 radical (unpaired) electrons. The average molecular weight is 220 g/mol. The summed E-state index contributed by atoms with van der Waals surface area (Å²) in [6.07, 6.45) is 5.34. The number of hydrogen-bond acceptors (Lipinski definition) is 3. The highest BCUT2D eigenvalue weighted by molar-refractivity contribution is 5.10. The van der Waals surface area contributed by atoms with Crippen LogP contribution in [-0.4, -0.2) is 24.7 Å². The third-order valence-corrected chi connectivity index (χ3v) is 3.35. The number of rotatable bonds is 4. The molecule has 1 fully saturated rings. The van der Waals surface area contributed by atoms with E-state index in [0.717, 1.165) is 31.2 Å². The number of aromatic nitrogens is 1. The van der Waals surface area contributed by atoms with Gasteiger partial charge in [0.25, 0.3) is 0 Å². The van der Waals surface area contributed by atoms with Gasteiger partial charge in [-0.1, -0.05) is 6.07 Å². The molecule has 16 heavy (non-hydrogen) atoms. The molecule has 1 aromatic heterocycles. The molecule has 2 rings (SSSR count). The standard InChI is InChI=1S/C13H20N2O/c14-10-12(13-3-1-2-6-15-13)9-11-4-7-16-8-5-11/h1-3,6,11-12H,4-5,7-10,14H2. The molecule has 1 unspecified atom stereocenters. The van der Waals surface area contributed by atoms with Crippen LogP contribution in [0.15, 0.2) is 24.4 Å². The van der Waals surface area contributed by atoms with Crippen LogP contribution in [0.5, 0.6) is 0 Å². The fourth-order valence-electron chi connectivity index (χ4n) is 2.34. The lowest BCUT2D eigenvalue weighted by atomic mass is 9.87. The van der Waals surface area contributed by atoms with E-state index in [1.54, 1.807) is 0 Å². The maximum atomic E-state index is 5.85. The van der Waals surface area contributed by atoms with Crippen LogP contribution in [0.25, 0.3) is 0 Å². The van der Waals surface area contributed by atoms with Crippen molar-refractivity contribution in [2.24, 2.45) is 11.7 Å². The van der Waals surface area contributed by atoms with Gasteiger partial charge in [0, 0.05) is 37.6 Å². The fraction of sp³-hybridized carbons (Fsp3) is 0.615. The summed E-state index contributed by atoms with van der Waals surface area (Å²) in [7, 11) is 0. The zero-order chi connectivity index (χ0) is 11.2. The third kappa shape index (κ3) is 3.03. The molecule has 0 bridgehead atoms. The maximum Gasteiger partial charge on any atom is 0.0468 e. The van der Waals surface area contributed by atoms with Gasteiger partial charge in [0.15, 0.2) is 0 Å². The van der Waals surface area contributed by atoms with Gasteiger partial charge in [0.1, 0.15) is 0 Å². The Balaban J connectivity index is 1.94. The van der Waals surface area contributed by atoms with Gasteiger partial charge in [-0.25, -0.2) is 0 Å². The van der Waals surface area contributed by atoms with E-state index >= 15 is 0 Å². The highest BCUT2D eigenvalue weighted by Gasteiger charge is 2.20. The first-order valence-corrected chi connectivity index (χ1v) is 6.09. The fourth-order valence-corrected chi connectivity index (χ4v) is 2.34. The number of pyridine rings is 1. The lowest BCUT2D eigenvalue weighted by Crippen LogP contribution is -2.22. The number of nitrogens with zero attached hydrogens (tertiary/aromatic N) is 1. The molecule has 0 aliphatic carbocycles. The molecular weight excluding hydrogens is 200 g/mol. The molecule has 0 aromatic carbocycles. The van der Waals surface area contributed by atoms with Crippen molar-refractivity contribution in [1.82, 2.24) is 4.98 Å². The quantitative estimate of drug-likeness (QED) is 0.843. The Morgan fingerprint density at radius 1 is 1.38 bits per heavy atom. The minimum absolute atomic E-state index is 0.407. The van der Waals surface area contributed by atoms with E-state index in [1.807, 2.05) is 18.3 Å². The van der Waals surface area contributed by atoms with Crippen LogP contribution in [-0.2, 0) is 4.74 Å². The summed E-state index contributed by atoms with van der Waals surface area (Å²) in [6, 6.07) is 6.07. The average Bonchev–Trinajstić information content (AvgIpc) is 2.38. The van der Waals surface area contributed by atoms with Gasteiger partial charge < -0.3 is 10.5 Å². The van der Waals surface area contributed by atoms with Gasteiger partial charge in [-0.2, -0.15) is 0 Å². The summed E-state index contributed by atoms with van der Waals surface area (Å²) in [4.78, 5) is 4.40. The van der Waals surface area contributed by atoms with Crippen molar-refractivity contribution in [1.29, 1.82) is 0 Å². The molecule has 2 N–H and O–H groups in total. The Morgan fingerprint density at radius 3 is 2.81 bits per heavy atom. The summed E-state index contributed by atoms with van der Waals surface area (Å²) >= 11 is 0. The monoisotopic (exact) mass is 220 g/mol. The zero-order valence-corrected chi connectivity index (χ0v) is 9.64. The molecule has 2 heterocycles. The summed E-state index contributed by atoms with van der Waals surface area (Å²) in [6.45, 7) is 2.50. The van der Waals surface area contributed by atoms with Crippen LogP contribution in [0.2, 0.25) is 0 Å². The summed E-state index contributed by atoms with van der Waals surface area (Å²) < 4.78 is 5.37. The molecule has 1 saturated heterocycles. The van der Waals surface area contributed by atoms with Crippen molar-refractivity contribution in [2.75, 3.05) is 19.8 Å². The Labute approximate surface area is 97.0 Å². The van der Waals surface area contributed by atoms with E-state index in [-0.39, 0.29) is 0 Å². The molecule has 1 aliphatic rings. The Bertz CT molecular complexity index is 296. The maximum absolute atomic E-state index is 5.85. The number of hydrogen-bond donors (Lipinski definition) is 1. The van der Waals surface area contributed by atoms with Crippen LogP contribution in [0.3, 0.4) is 0 Å². The van der Waals surface area contributed by atoms with E-state index < -0.39 is 0 Å². The molecule has 0 saturated carbocycles. The van der Waals surface area contributed by atoms with Crippen LogP contribution >= 0.6 is 0 Å². The van der Waals surface area contributed by atoms with Gasteiger partial charge in [0.05, 0.1) is 0 Å². The molecular formula is C13H20N2O. The SMILES string of the molecule is NCC(CC1CCOCC1)c1ccccn1. The highest BCUT2D eigenvalue weighted by atomic mass is 16.5. The Kier molecular flexibility index (Phi) is 4.31. The molecule has 3 nitrogen and oxygen atoms in total. The van der Waals surface area contributed by atoms with E-state index in [0.29, 0.717) is 12.5 Å². The zero-order valence-electron chi connectivity index (χ0n) is 9.64. The predicted octanol–water partition coefficient (Wildman–Crippen LogP) is 1.94. The first-order valence-electron chi connectivity index (χ1n) is 6.09. The molecule has 0 amide bonds. The molecule has 1 atom stereocenters. The van der Waals surface area contributed by atoms with Crippen LogP contribution in [0.4, 0.5) is 0 Å². The summed E-state index contributed by atoms with van der Waals surface area (Å²) in [5, 5.41) is 0. The van der Waals surface area contributed by atoms with E-state index in [9.17, 15) is 0 Å². The predicted molar refractivity (Wildman–Crippen MR) is 64.2 cm³/mol. The van der Waals surface area contributed by atoms with Crippen molar-refractivity contribution in [3.05, 3.63) is 30.1 Å². The van der Waals surface area contributed by atoms with Gasteiger partial charge in [-0.3, -0.25) is 4.98 Å². The van der Waals surface area contributed by atoms with Crippen molar-refractivity contribution in [3.63, 3.8) is 0 Å². The van der Waals surface area contributed by atoms with E-state index in [2.05, 4.69) is 11.1 Å². The van der Waals surface area contributed by atoms with Crippen molar-refractivity contribution in [3.8, 4) is 0 Å². The second kappa shape index (κ2) is 5.97. The lowest BCUT2D eigenvalue weighted by Gasteiger charge is -2.25. The van der Waals surface area contributed by atoms with Crippen molar-refractivity contribution in [2.45, 2.75) is 25.2 Å². The molecule has 1 aliphatic heterocycles. The normalized spacial score (nSPS) is 19.6. The van der Waals surface area contributed by atoms with Crippen LogP contribution in [0.1, 0.15) is 30.9 Å². The third-order valence-electron chi connectivity index (χ3n) is 3.35. The van der Waals surface area contributed by atoms with Gasteiger partial charge in [0.2, 0.25) is 0 Å². The van der Waals surface area contributed by atoms with E-state index in [4.69, 9.17) is 10.5 Å². The Morgan fingerprint density at radius 2 is 2.19 bits per heavy atom. The first-order chi connectivity index (χ1) is 7.90. The number of nitrogens with two attached hydrogens (primary N) is 1. The smallest absolute Gasteiger partial charge is 0.0468 e. The largest absolute Gasteiger partial charge is 0.381 e. The van der Waals surface area contributed by atoms with Gasteiger partial charge in [-0.05, 0) is 37.3 Å². The molecule has 3 heteroatoms. The topological polar surface area (TPSA) is 48.1 Å². The first kappa shape index (κ1) is 11.6. The second-order valence-corrected chi connectivity index (χ2v) is 4.48. The van der Waals surface area contributed by atoms with Crippen LogP contribution < -0.4 is 5.73 Å². The summed E-state index contributed by atoms with van der Waals surface area (Å²) in [5.74, 6) is 1.16. The van der Waals surface area contributed by atoms with Crippen molar-refractivity contribution >= 4 is 0 Å². The minimum Gasteiger partial charge on any atom is -0.381 e. The summed E-state index contributed by atoms with van der Waals surface area (Å²) in [5.41, 5.74) is 6.99. The number of ether oxygens (including phenoxy) is 1. The minimum atomic E-state index is 0.407. The van der Waals surface area contributed by atoms with Gasteiger partial charge >= 0.3 is 0 Å². The Hall–Kier alpha value is -0.930. The molecule has 88 valence electrons. The lowest BCUT2D eigenvalue weighted by molar-refractivity contribution is 0.0617. The second-order valence-electron chi connectivity index (χ2n) is 4.48.